The molecular weight excluding hydrogens is 634 g/mol. The van der Waals surface area contributed by atoms with Crippen molar-refractivity contribution in [1.29, 1.82) is 0 Å². The lowest BCUT2D eigenvalue weighted by atomic mass is 9.78. The Morgan fingerprint density at radius 1 is 1.18 bits per heavy atom. The number of aliphatic hydroxyl groups excluding tert-OH is 1. The number of aromatic nitrogens is 1. The van der Waals surface area contributed by atoms with Gasteiger partial charge in [-0.2, -0.15) is 13.2 Å². The number of rotatable bonds is 10. The maximum absolute atomic E-state index is 14.5. The molecule has 0 saturated heterocycles. The summed E-state index contributed by atoms with van der Waals surface area (Å²) >= 11 is 12.2. The summed E-state index contributed by atoms with van der Waals surface area (Å²) in [6.07, 6.45) is -3.42. The Bertz CT molecular complexity index is 1390. The predicted molar refractivity (Wildman–Crippen MR) is 154 cm³/mol. The number of aliphatic imine (C=N–C) groups is 1. The third-order valence-electron chi connectivity index (χ3n) is 7.19. The van der Waals surface area contributed by atoms with Crippen LogP contribution in [-0.2, 0) is 20.9 Å². The summed E-state index contributed by atoms with van der Waals surface area (Å²) in [5.41, 5.74) is 1.47. The fourth-order valence-electron chi connectivity index (χ4n) is 5.00. The Morgan fingerprint density at radius 3 is 2.25 bits per heavy atom. The lowest BCUT2D eigenvalue weighted by molar-refractivity contribution is -0.149. The summed E-state index contributed by atoms with van der Waals surface area (Å²) in [7, 11) is 0. The van der Waals surface area contributed by atoms with Crippen molar-refractivity contribution in [1.82, 2.24) is 9.88 Å². The number of esters is 1. The smallest absolute Gasteiger partial charge is 0.433 e. The van der Waals surface area contributed by atoms with Crippen molar-refractivity contribution in [2.75, 3.05) is 13.2 Å². The average molecular weight is 665 g/mol. The monoisotopic (exact) mass is 664 g/mol. The molecule has 3 rings (SSSR count). The number of halogens is 7. The number of aliphatic hydroxyl groups is 1. The van der Waals surface area contributed by atoms with Crippen LogP contribution < -0.4 is 5.73 Å². The standard InChI is InChI=1S/C29H31Cl2F5N4O4/c1-3-44-27(43)17-4-6-28(2,7-5-17)39-25(29(34,35)36)20(11-37)26(42)40(14-16-8-18(32)10-19(33)9-16)15-23(41)24-21(30)12-38-13-22(24)31/h8-13,17,23,41H,3-7,14-15,37H2,1-2H3. The van der Waals surface area contributed by atoms with E-state index in [1.807, 2.05) is 0 Å². The van der Waals surface area contributed by atoms with Crippen LogP contribution in [0, 0.1) is 17.6 Å². The van der Waals surface area contributed by atoms with E-state index in [1.54, 1.807) is 6.92 Å². The minimum atomic E-state index is -5.16. The van der Waals surface area contributed by atoms with Gasteiger partial charge in [0.05, 0.1) is 46.3 Å². The van der Waals surface area contributed by atoms with Crippen LogP contribution in [-0.4, -0.2) is 57.4 Å². The third kappa shape index (κ3) is 8.89. The van der Waals surface area contributed by atoms with Gasteiger partial charge in [0.2, 0.25) is 0 Å². The maximum atomic E-state index is 14.5. The third-order valence-corrected chi connectivity index (χ3v) is 7.79. The van der Waals surface area contributed by atoms with Crippen molar-refractivity contribution in [3.63, 3.8) is 0 Å². The van der Waals surface area contributed by atoms with Crippen LogP contribution in [0.1, 0.15) is 56.8 Å². The number of amides is 1. The zero-order valence-corrected chi connectivity index (χ0v) is 25.3. The Balaban J connectivity index is 2.01. The highest BCUT2D eigenvalue weighted by Crippen LogP contribution is 2.38. The second-order valence-electron chi connectivity index (χ2n) is 10.6. The predicted octanol–water partition coefficient (Wildman–Crippen LogP) is 6.09. The van der Waals surface area contributed by atoms with Crippen molar-refractivity contribution in [2.24, 2.45) is 16.6 Å². The fourth-order valence-corrected chi connectivity index (χ4v) is 5.61. The molecule has 240 valence electrons. The topological polar surface area (TPSA) is 118 Å². The van der Waals surface area contributed by atoms with Crippen LogP contribution in [0.15, 0.2) is 47.4 Å². The summed E-state index contributed by atoms with van der Waals surface area (Å²) < 4.78 is 76.5. The largest absolute Gasteiger partial charge is 0.466 e. The van der Waals surface area contributed by atoms with Gasteiger partial charge in [0.15, 0.2) is 5.71 Å². The molecule has 15 heteroatoms. The normalized spacial score (nSPS) is 20.3. The van der Waals surface area contributed by atoms with E-state index >= 15 is 0 Å². The summed E-state index contributed by atoms with van der Waals surface area (Å²) in [5.74, 6) is -4.26. The molecule has 8 nitrogen and oxygen atoms in total. The Hall–Kier alpha value is -3.29. The highest BCUT2D eigenvalue weighted by Gasteiger charge is 2.45. The molecule has 1 heterocycles. The molecule has 44 heavy (non-hydrogen) atoms. The molecular formula is C29H31Cl2F5N4O4. The van der Waals surface area contributed by atoms with E-state index in [2.05, 4.69) is 9.98 Å². The molecule has 2 aromatic rings. The van der Waals surface area contributed by atoms with Gasteiger partial charge in [0, 0.05) is 36.8 Å². The van der Waals surface area contributed by atoms with Gasteiger partial charge >= 0.3 is 12.1 Å². The number of nitrogens with two attached hydrogens (primary N) is 1. The molecule has 3 N–H and O–H groups in total. The first-order chi connectivity index (χ1) is 20.6. The first kappa shape index (κ1) is 35.2. The van der Waals surface area contributed by atoms with Gasteiger partial charge in [0.25, 0.3) is 5.91 Å². The lowest BCUT2D eigenvalue weighted by Crippen LogP contribution is -2.42. The number of nitrogens with zero attached hydrogens (tertiary/aromatic N) is 3. The van der Waals surface area contributed by atoms with Gasteiger partial charge in [-0.1, -0.05) is 23.2 Å². The van der Waals surface area contributed by atoms with E-state index in [0.29, 0.717) is 12.3 Å². The van der Waals surface area contributed by atoms with Crippen LogP contribution in [0.5, 0.6) is 0 Å². The quantitative estimate of drug-likeness (QED) is 0.137. The van der Waals surface area contributed by atoms with Gasteiger partial charge in [0.1, 0.15) is 11.6 Å². The molecule has 1 fully saturated rings. The molecule has 1 amide bonds. The first-order valence-corrected chi connectivity index (χ1v) is 14.3. The SMILES string of the molecule is CCOC(=O)C1CCC(C)(N=C(C(=CN)C(=O)N(Cc2cc(F)cc(F)c2)CC(O)c2c(Cl)cncc2Cl)C(F)(F)F)CC1. The lowest BCUT2D eigenvalue weighted by Gasteiger charge is -2.35. The number of pyridine rings is 1. The summed E-state index contributed by atoms with van der Waals surface area (Å²) in [6, 6.07) is 2.35. The molecule has 0 bridgehead atoms. The number of carbonyl (C=O) groups is 2. The van der Waals surface area contributed by atoms with E-state index in [-0.39, 0.29) is 53.5 Å². The Kier molecular flexibility index (Phi) is 11.7. The highest BCUT2D eigenvalue weighted by molar-refractivity contribution is 6.35. The van der Waals surface area contributed by atoms with Crippen LogP contribution in [0.25, 0.3) is 0 Å². The molecule has 1 saturated carbocycles. The number of hydrogen-bond acceptors (Lipinski definition) is 7. The second-order valence-corrected chi connectivity index (χ2v) is 11.4. The van der Waals surface area contributed by atoms with E-state index in [4.69, 9.17) is 33.7 Å². The number of alkyl halides is 3. The van der Waals surface area contributed by atoms with Gasteiger partial charge in [-0.25, -0.2) is 8.78 Å². The maximum Gasteiger partial charge on any atom is 0.433 e. The van der Waals surface area contributed by atoms with E-state index in [1.165, 1.54) is 6.92 Å². The van der Waals surface area contributed by atoms with Gasteiger partial charge < -0.3 is 20.5 Å². The van der Waals surface area contributed by atoms with Crippen LogP contribution in [0.2, 0.25) is 10.0 Å². The Labute approximate surface area is 260 Å². The average Bonchev–Trinajstić information content (AvgIpc) is 2.92. The molecule has 0 aliphatic heterocycles. The molecule has 1 aliphatic carbocycles. The number of hydrogen-bond donors (Lipinski definition) is 2. The number of benzene rings is 1. The van der Waals surface area contributed by atoms with Crippen molar-refractivity contribution in [3.05, 3.63) is 75.2 Å². The van der Waals surface area contributed by atoms with Gasteiger partial charge in [-0.05, 0) is 57.2 Å². The van der Waals surface area contributed by atoms with Crippen molar-refractivity contribution < 1.29 is 41.4 Å². The minimum Gasteiger partial charge on any atom is -0.466 e. The summed E-state index contributed by atoms with van der Waals surface area (Å²) in [4.78, 5) is 34.4. The van der Waals surface area contributed by atoms with E-state index in [9.17, 15) is 36.6 Å². The molecule has 1 atom stereocenters. The van der Waals surface area contributed by atoms with E-state index < -0.39 is 71.6 Å². The molecule has 1 aromatic heterocycles. The second kappa shape index (κ2) is 14.7. The van der Waals surface area contributed by atoms with Crippen molar-refractivity contribution in [3.8, 4) is 0 Å². The van der Waals surface area contributed by atoms with Crippen LogP contribution >= 0.6 is 23.2 Å². The number of ether oxygens (including phenoxy) is 1. The summed E-state index contributed by atoms with van der Waals surface area (Å²) in [6.45, 7) is 1.95. The minimum absolute atomic E-state index is 0.0691. The van der Waals surface area contributed by atoms with Gasteiger partial charge in [-0.3, -0.25) is 19.6 Å². The highest BCUT2D eigenvalue weighted by atomic mass is 35.5. The van der Waals surface area contributed by atoms with Crippen molar-refractivity contribution in [2.45, 2.75) is 63.9 Å². The van der Waals surface area contributed by atoms with Crippen LogP contribution in [0.3, 0.4) is 0 Å². The summed E-state index contributed by atoms with van der Waals surface area (Å²) in [5, 5.41) is 10.8. The van der Waals surface area contributed by atoms with E-state index in [0.717, 1.165) is 29.4 Å². The zero-order valence-electron chi connectivity index (χ0n) is 23.8. The van der Waals surface area contributed by atoms with Gasteiger partial charge in [-0.15, -0.1) is 0 Å². The molecule has 0 spiro atoms. The van der Waals surface area contributed by atoms with Crippen molar-refractivity contribution >= 4 is 40.8 Å². The molecule has 1 aromatic carbocycles. The number of carbonyl (C=O) groups excluding carboxylic acids is 2. The Morgan fingerprint density at radius 2 is 1.75 bits per heavy atom. The molecule has 1 aliphatic rings. The fraction of sp³-hybridized carbons (Fsp3) is 0.448. The molecule has 1 unspecified atom stereocenters. The first-order valence-electron chi connectivity index (χ1n) is 13.6. The zero-order chi connectivity index (χ0) is 32.8. The molecule has 0 radical (unpaired) electrons. The van der Waals surface area contributed by atoms with Crippen LogP contribution in [0.4, 0.5) is 22.0 Å².